The molecule has 1 atom stereocenters. The number of rotatable bonds is 5. The van der Waals surface area contributed by atoms with E-state index in [1.165, 1.54) is 5.56 Å². The average Bonchev–Trinajstić information content (AvgIpc) is 2.75. The molecule has 2 rings (SSSR count). The fourth-order valence-corrected chi connectivity index (χ4v) is 4.39. The van der Waals surface area contributed by atoms with Crippen molar-refractivity contribution in [3.8, 4) is 5.75 Å². The van der Waals surface area contributed by atoms with E-state index in [9.17, 15) is 13.2 Å². The standard InChI is InChI=1S/C16H23NO4S/c1-11(2)15-5-4-14(8-12(15)3)21-9-16(18)17-13-6-7-22(19,20)10-13/h4-5,8,11,13H,6-7,9-10H2,1-3H3,(H,17,18)/t13-/m1/s1. The van der Waals surface area contributed by atoms with Crippen molar-refractivity contribution in [3.63, 3.8) is 0 Å². The number of ether oxygens (including phenoxy) is 1. The van der Waals surface area contributed by atoms with Gasteiger partial charge < -0.3 is 10.1 Å². The van der Waals surface area contributed by atoms with Gasteiger partial charge in [0.15, 0.2) is 16.4 Å². The summed E-state index contributed by atoms with van der Waals surface area (Å²) < 4.78 is 28.2. The molecule has 1 aliphatic heterocycles. The smallest absolute Gasteiger partial charge is 0.258 e. The maximum Gasteiger partial charge on any atom is 0.258 e. The average molecular weight is 325 g/mol. The maximum absolute atomic E-state index is 11.8. The maximum atomic E-state index is 11.8. The summed E-state index contributed by atoms with van der Waals surface area (Å²) in [6, 6.07) is 5.50. The Balaban J connectivity index is 1.85. The van der Waals surface area contributed by atoms with Crippen LogP contribution >= 0.6 is 0 Å². The molecule has 0 aliphatic carbocycles. The summed E-state index contributed by atoms with van der Waals surface area (Å²) in [5.41, 5.74) is 2.39. The Kier molecular flexibility index (Phi) is 5.11. The van der Waals surface area contributed by atoms with Crippen LogP contribution in [-0.4, -0.2) is 38.5 Å². The van der Waals surface area contributed by atoms with Crippen molar-refractivity contribution in [2.24, 2.45) is 0 Å². The molecule has 1 N–H and O–H groups in total. The molecule has 1 fully saturated rings. The summed E-state index contributed by atoms with van der Waals surface area (Å²) in [6.45, 7) is 6.18. The van der Waals surface area contributed by atoms with E-state index < -0.39 is 9.84 Å². The first-order valence-electron chi connectivity index (χ1n) is 7.50. The van der Waals surface area contributed by atoms with Gasteiger partial charge in [-0.2, -0.15) is 0 Å². The fraction of sp³-hybridized carbons (Fsp3) is 0.562. The van der Waals surface area contributed by atoms with Crippen LogP contribution in [0.3, 0.4) is 0 Å². The molecule has 0 bridgehead atoms. The molecule has 5 nitrogen and oxygen atoms in total. The van der Waals surface area contributed by atoms with Crippen molar-refractivity contribution in [3.05, 3.63) is 29.3 Å². The van der Waals surface area contributed by atoms with Gasteiger partial charge in [0.05, 0.1) is 11.5 Å². The molecule has 1 aliphatic rings. The van der Waals surface area contributed by atoms with Crippen molar-refractivity contribution in [2.45, 2.75) is 39.2 Å². The zero-order chi connectivity index (χ0) is 16.3. The van der Waals surface area contributed by atoms with Gasteiger partial charge >= 0.3 is 0 Å². The summed E-state index contributed by atoms with van der Waals surface area (Å²) in [5, 5.41) is 2.71. The molecule has 122 valence electrons. The molecule has 0 aromatic heterocycles. The molecule has 0 spiro atoms. The third-order valence-corrected chi connectivity index (χ3v) is 5.60. The van der Waals surface area contributed by atoms with Gasteiger partial charge in [-0.25, -0.2) is 8.42 Å². The molecule has 0 unspecified atom stereocenters. The quantitative estimate of drug-likeness (QED) is 0.896. The third kappa shape index (κ3) is 4.47. The van der Waals surface area contributed by atoms with Crippen molar-refractivity contribution in [2.75, 3.05) is 18.1 Å². The molecule has 6 heteroatoms. The van der Waals surface area contributed by atoms with Gasteiger partial charge in [0, 0.05) is 6.04 Å². The highest BCUT2D eigenvalue weighted by Gasteiger charge is 2.28. The molecule has 0 saturated carbocycles. The summed E-state index contributed by atoms with van der Waals surface area (Å²) in [5.74, 6) is 0.987. The molecular formula is C16H23NO4S. The number of carbonyl (C=O) groups excluding carboxylic acids is 1. The number of sulfone groups is 1. The van der Waals surface area contributed by atoms with E-state index in [0.717, 1.165) is 5.56 Å². The number of amides is 1. The van der Waals surface area contributed by atoms with Gasteiger partial charge in [-0.15, -0.1) is 0 Å². The van der Waals surface area contributed by atoms with E-state index in [1.54, 1.807) is 0 Å². The molecule has 1 aromatic carbocycles. The third-order valence-electron chi connectivity index (χ3n) is 3.83. The lowest BCUT2D eigenvalue weighted by atomic mass is 9.98. The van der Waals surface area contributed by atoms with Crippen molar-refractivity contribution in [1.29, 1.82) is 0 Å². The molecule has 1 heterocycles. The number of aryl methyl sites for hydroxylation is 1. The van der Waals surface area contributed by atoms with E-state index in [1.807, 2.05) is 25.1 Å². The van der Waals surface area contributed by atoms with Gasteiger partial charge in [0.2, 0.25) is 0 Å². The summed E-state index contributed by atoms with van der Waals surface area (Å²) in [7, 11) is -2.98. The second-order valence-corrected chi connectivity index (χ2v) is 8.36. The first kappa shape index (κ1) is 16.8. The summed E-state index contributed by atoms with van der Waals surface area (Å²) >= 11 is 0. The Hall–Kier alpha value is -1.56. The number of carbonyl (C=O) groups is 1. The normalized spacial score (nSPS) is 20.1. The van der Waals surface area contributed by atoms with Crippen LogP contribution in [-0.2, 0) is 14.6 Å². The van der Waals surface area contributed by atoms with Gasteiger partial charge in [-0.3, -0.25) is 4.79 Å². The Morgan fingerprint density at radius 3 is 2.68 bits per heavy atom. The van der Waals surface area contributed by atoms with Crippen molar-refractivity contribution in [1.82, 2.24) is 5.32 Å². The second kappa shape index (κ2) is 6.69. The first-order chi connectivity index (χ1) is 10.3. The summed E-state index contributed by atoms with van der Waals surface area (Å²) in [4.78, 5) is 11.8. The first-order valence-corrected chi connectivity index (χ1v) is 9.32. The van der Waals surface area contributed by atoms with Gasteiger partial charge in [-0.1, -0.05) is 19.9 Å². The number of nitrogens with one attached hydrogen (secondary N) is 1. The van der Waals surface area contributed by atoms with Crippen LogP contribution in [0.25, 0.3) is 0 Å². The van der Waals surface area contributed by atoms with Crippen LogP contribution in [0.5, 0.6) is 5.75 Å². The van der Waals surface area contributed by atoms with Crippen LogP contribution in [0.4, 0.5) is 0 Å². The highest BCUT2D eigenvalue weighted by atomic mass is 32.2. The number of hydrogen-bond donors (Lipinski definition) is 1. The topological polar surface area (TPSA) is 72.5 Å². The minimum absolute atomic E-state index is 0.0287. The molecule has 22 heavy (non-hydrogen) atoms. The lowest BCUT2D eigenvalue weighted by molar-refractivity contribution is -0.123. The van der Waals surface area contributed by atoms with Gasteiger partial charge in [0.25, 0.3) is 5.91 Å². The van der Waals surface area contributed by atoms with Gasteiger partial charge in [0.1, 0.15) is 5.75 Å². The monoisotopic (exact) mass is 325 g/mol. The predicted molar refractivity (Wildman–Crippen MR) is 86.0 cm³/mol. The molecule has 1 amide bonds. The van der Waals surface area contributed by atoms with E-state index >= 15 is 0 Å². The second-order valence-electron chi connectivity index (χ2n) is 6.13. The lowest BCUT2D eigenvalue weighted by Crippen LogP contribution is -2.38. The van der Waals surface area contributed by atoms with Crippen LogP contribution in [0, 0.1) is 6.92 Å². The van der Waals surface area contributed by atoms with Crippen LogP contribution in [0.15, 0.2) is 18.2 Å². The van der Waals surface area contributed by atoms with E-state index in [-0.39, 0.29) is 30.1 Å². The van der Waals surface area contributed by atoms with Crippen LogP contribution < -0.4 is 10.1 Å². The molecule has 1 aromatic rings. The number of hydrogen-bond acceptors (Lipinski definition) is 4. The number of benzene rings is 1. The Morgan fingerprint density at radius 1 is 1.41 bits per heavy atom. The van der Waals surface area contributed by atoms with Crippen LogP contribution in [0.2, 0.25) is 0 Å². The Morgan fingerprint density at radius 2 is 2.14 bits per heavy atom. The predicted octanol–water partition coefficient (Wildman–Crippen LogP) is 1.80. The zero-order valence-corrected chi connectivity index (χ0v) is 14.1. The Labute approximate surface area is 132 Å². The zero-order valence-electron chi connectivity index (χ0n) is 13.3. The molecule has 0 radical (unpaired) electrons. The summed E-state index contributed by atoms with van der Waals surface area (Å²) in [6.07, 6.45) is 0.482. The molecule has 1 saturated heterocycles. The SMILES string of the molecule is Cc1cc(OCC(=O)N[C@@H]2CCS(=O)(=O)C2)ccc1C(C)C. The minimum atomic E-state index is -2.98. The van der Waals surface area contributed by atoms with Crippen LogP contribution in [0.1, 0.15) is 37.3 Å². The van der Waals surface area contributed by atoms with E-state index in [2.05, 4.69) is 19.2 Å². The highest BCUT2D eigenvalue weighted by molar-refractivity contribution is 7.91. The van der Waals surface area contributed by atoms with E-state index in [0.29, 0.717) is 18.1 Å². The van der Waals surface area contributed by atoms with Crippen molar-refractivity contribution >= 4 is 15.7 Å². The fourth-order valence-electron chi connectivity index (χ4n) is 2.71. The highest BCUT2D eigenvalue weighted by Crippen LogP contribution is 2.23. The molecular weight excluding hydrogens is 302 g/mol. The lowest BCUT2D eigenvalue weighted by Gasteiger charge is -2.14. The largest absolute Gasteiger partial charge is 0.484 e. The van der Waals surface area contributed by atoms with Crippen molar-refractivity contribution < 1.29 is 17.9 Å². The minimum Gasteiger partial charge on any atom is -0.484 e. The Bertz CT molecular complexity index is 652. The van der Waals surface area contributed by atoms with Gasteiger partial charge in [-0.05, 0) is 42.5 Å². The van der Waals surface area contributed by atoms with E-state index in [4.69, 9.17) is 4.74 Å².